The molecule has 0 bridgehead atoms. The number of nitrogens with two attached hydrogens (primary N) is 1. The lowest BCUT2D eigenvalue weighted by atomic mass is 9.84. The number of halogens is 4. The first-order valence-electron chi connectivity index (χ1n) is 12.2. The van der Waals surface area contributed by atoms with E-state index < -0.39 is 38.7 Å². The monoisotopic (exact) mass is 599 g/mol. The molecule has 1 fully saturated rings. The third kappa shape index (κ3) is 6.69. The molecule has 14 heteroatoms. The van der Waals surface area contributed by atoms with Crippen molar-refractivity contribution >= 4 is 33.5 Å². The van der Waals surface area contributed by atoms with E-state index in [0.29, 0.717) is 0 Å². The first-order valence-corrected chi connectivity index (χ1v) is 14.3. The van der Waals surface area contributed by atoms with Crippen molar-refractivity contribution in [2.45, 2.75) is 50.8 Å². The quantitative estimate of drug-likeness (QED) is 0.390. The Labute approximate surface area is 234 Å². The van der Waals surface area contributed by atoms with Crippen LogP contribution in [0.5, 0.6) is 0 Å². The van der Waals surface area contributed by atoms with Gasteiger partial charge in [-0.2, -0.15) is 18.2 Å². The number of benzene rings is 2. The SMILES string of the molecule is CC1(CS(=O)(=O)c2ccc(-c3c(Cl)cc(Cc4nc(N)n[nH]4)cc3C(F)(F)F)cc2)CN(C(=O)OC(C)(C)C)C1. The summed E-state index contributed by atoms with van der Waals surface area (Å²) in [5.41, 5.74) is 3.22. The number of amides is 1. The minimum absolute atomic E-state index is 0.00537. The molecule has 4 rings (SSSR count). The summed E-state index contributed by atoms with van der Waals surface area (Å²) in [5, 5.41) is 6.06. The first-order chi connectivity index (χ1) is 18.4. The highest BCUT2D eigenvalue weighted by atomic mass is 35.5. The van der Waals surface area contributed by atoms with Crippen LogP contribution in [-0.2, 0) is 27.2 Å². The van der Waals surface area contributed by atoms with Gasteiger partial charge >= 0.3 is 12.3 Å². The molecule has 0 atom stereocenters. The third-order valence-electron chi connectivity index (χ3n) is 6.21. The summed E-state index contributed by atoms with van der Waals surface area (Å²) in [7, 11) is -3.81. The van der Waals surface area contributed by atoms with Crippen molar-refractivity contribution in [3.63, 3.8) is 0 Å². The zero-order valence-electron chi connectivity index (χ0n) is 22.3. The summed E-state index contributed by atoms with van der Waals surface area (Å²) in [6, 6.07) is 7.49. The molecule has 0 radical (unpaired) electrons. The summed E-state index contributed by atoms with van der Waals surface area (Å²) in [4.78, 5) is 17.5. The van der Waals surface area contributed by atoms with E-state index in [0.717, 1.165) is 6.07 Å². The van der Waals surface area contributed by atoms with E-state index in [9.17, 15) is 26.4 Å². The van der Waals surface area contributed by atoms with Crippen molar-refractivity contribution in [2.75, 3.05) is 24.6 Å². The second kappa shape index (κ2) is 10.3. The Bertz CT molecular complexity index is 1530. The number of nitrogens with zero attached hydrogens (tertiary/aromatic N) is 3. The number of nitrogens with one attached hydrogen (secondary N) is 1. The van der Waals surface area contributed by atoms with Gasteiger partial charge in [0, 0.05) is 35.5 Å². The number of sulfone groups is 1. The maximum absolute atomic E-state index is 14.1. The smallest absolute Gasteiger partial charge is 0.417 e. The lowest BCUT2D eigenvalue weighted by molar-refractivity contribution is -0.137. The fourth-order valence-electron chi connectivity index (χ4n) is 4.66. The van der Waals surface area contributed by atoms with Crippen molar-refractivity contribution in [2.24, 2.45) is 5.41 Å². The summed E-state index contributed by atoms with van der Waals surface area (Å²) < 4.78 is 73.8. The van der Waals surface area contributed by atoms with Crippen LogP contribution in [0.4, 0.5) is 23.9 Å². The van der Waals surface area contributed by atoms with Crippen LogP contribution in [0.3, 0.4) is 0 Å². The molecule has 3 N–H and O–H groups in total. The Morgan fingerprint density at radius 2 is 1.80 bits per heavy atom. The zero-order valence-corrected chi connectivity index (χ0v) is 23.8. The van der Waals surface area contributed by atoms with E-state index in [-0.39, 0.29) is 63.6 Å². The second-order valence-electron chi connectivity index (χ2n) is 11.2. The zero-order chi connectivity index (χ0) is 29.7. The Morgan fingerprint density at radius 1 is 1.18 bits per heavy atom. The van der Waals surface area contributed by atoms with Crippen LogP contribution in [0.25, 0.3) is 11.1 Å². The molecule has 1 saturated heterocycles. The molecule has 0 spiro atoms. The molecule has 0 unspecified atom stereocenters. The predicted octanol–water partition coefficient (Wildman–Crippen LogP) is 5.35. The molecule has 3 aromatic rings. The van der Waals surface area contributed by atoms with Gasteiger partial charge in [-0.15, -0.1) is 5.10 Å². The molecule has 0 saturated carbocycles. The molecule has 9 nitrogen and oxygen atoms in total. The van der Waals surface area contributed by atoms with Gasteiger partial charge in [-0.25, -0.2) is 13.2 Å². The van der Waals surface area contributed by atoms with Crippen LogP contribution >= 0.6 is 11.6 Å². The first kappa shape index (κ1) is 29.7. The van der Waals surface area contributed by atoms with Crippen molar-refractivity contribution in [1.29, 1.82) is 0 Å². The molecule has 1 aromatic heterocycles. The Morgan fingerprint density at radius 3 is 2.33 bits per heavy atom. The number of likely N-dealkylation sites (tertiary alicyclic amines) is 1. The number of ether oxygens (including phenoxy) is 1. The van der Waals surface area contributed by atoms with Gasteiger partial charge in [0.05, 0.1) is 16.2 Å². The number of alkyl halides is 3. The maximum atomic E-state index is 14.1. The molecule has 1 amide bonds. The minimum Gasteiger partial charge on any atom is -0.444 e. The van der Waals surface area contributed by atoms with E-state index >= 15 is 0 Å². The number of aromatic amines is 1. The lowest BCUT2D eigenvalue weighted by Crippen LogP contribution is -2.60. The topological polar surface area (TPSA) is 131 Å². The lowest BCUT2D eigenvalue weighted by Gasteiger charge is -2.47. The Balaban J connectivity index is 1.54. The molecule has 1 aliphatic rings. The minimum atomic E-state index is -4.74. The molecule has 216 valence electrons. The highest BCUT2D eigenvalue weighted by molar-refractivity contribution is 7.91. The molecular formula is C26H29ClF3N5O4S. The van der Waals surface area contributed by atoms with Gasteiger partial charge in [0.25, 0.3) is 0 Å². The normalized spacial score (nSPS) is 15.6. The van der Waals surface area contributed by atoms with Crippen LogP contribution in [0.2, 0.25) is 5.02 Å². The van der Waals surface area contributed by atoms with E-state index in [4.69, 9.17) is 22.1 Å². The highest BCUT2D eigenvalue weighted by Gasteiger charge is 2.46. The standard InChI is InChI=1S/C26H29ClF3N5O4S/c1-24(2,3)39-23(36)35-12-25(4,13-35)14-40(37,38)17-7-5-16(6-8-17)21-18(26(28,29)30)9-15(10-19(21)27)11-20-32-22(31)34-33-20/h5-10H,11-14H2,1-4H3,(H3,31,32,33,34). The number of nitrogen functional groups attached to an aromatic ring is 1. The van der Waals surface area contributed by atoms with Gasteiger partial charge in [0.15, 0.2) is 9.84 Å². The fraction of sp³-hybridized carbons (Fsp3) is 0.423. The van der Waals surface area contributed by atoms with Crippen LogP contribution in [0.15, 0.2) is 41.3 Å². The summed E-state index contributed by atoms with van der Waals surface area (Å²) >= 11 is 6.34. The van der Waals surface area contributed by atoms with E-state index in [1.165, 1.54) is 35.2 Å². The Kier molecular flexibility index (Phi) is 7.61. The summed E-state index contributed by atoms with van der Waals surface area (Å²) in [6.07, 6.45) is -5.26. The van der Waals surface area contributed by atoms with Crippen molar-refractivity contribution in [3.8, 4) is 11.1 Å². The predicted molar refractivity (Wildman–Crippen MR) is 143 cm³/mol. The third-order valence-corrected chi connectivity index (χ3v) is 8.58. The maximum Gasteiger partial charge on any atom is 0.417 e. The number of carbonyl (C=O) groups excluding carboxylic acids is 1. The molecule has 0 aliphatic carbocycles. The van der Waals surface area contributed by atoms with Crippen LogP contribution in [-0.4, -0.2) is 59.0 Å². The molecule has 2 aromatic carbocycles. The number of hydrogen-bond acceptors (Lipinski definition) is 7. The van der Waals surface area contributed by atoms with Gasteiger partial charge in [-0.3, -0.25) is 5.10 Å². The van der Waals surface area contributed by atoms with Gasteiger partial charge in [0.1, 0.15) is 11.4 Å². The summed E-state index contributed by atoms with van der Waals surface area (Å²) in [6.45, 7) is 7.39. The highest BCUT2D eigenvalue weighted by Crippen LogP contribution is 2.42. The van der Waals surface area contributed by atoms with E-state index in [2.05, 4.69) is 15.2 Å². The van der Waals surface area contributed by atoms with E-state index in [1.807, 2.05) is 0 Å². The van der Waals surface area contributed by atoms with Crippen molar-refractivity contribution < 1.29 is 31.1 Å². The van der Waals surface area contributed by atoms with Crippen LogP contribution in [0, 0.1) is 5.41 Å². The summed E-state index contributed by atoms with van der Waals surface area (Å²) in [5.74, 6) is 0.00229. The average Bonchev–Trinajstić information content (AvgIpc) is 3.19. The number of anilines is 1. The fourth-order valence-corrected chi connectivity index (χ4v) is 6.83. The number of carbonyl (C=O) groups is 1. The molecule has 1 aliphatic heterocycles. The van der Waals surface area contributed by atoms with Gasteiger partial charge in [-0.1, -0.05) is 30.7 Å². The van der Waals surface area contributed by atoms with Crippen molar-refractivity contribution in [3.05, 3.63) is 58.4 Å². The number of aromatic nitrogens is 3. The van der Waals surface area contributed by atoms with Gasteiger partial charge in [0.2, 0.25) is 5.95 Å². The number of hydrogen-bond donors (Lipinski definition) is 2. The number of rotatable bonds is 6. The molecule has 40 heavy (non-hydrogen) atoms. The van der Waals surface area contributed by atoms with Crippen LogP contribution < -0.4 is 5.73 Å². The molecular weight excluding hydrogens is 571 g/mol. The average molecular weight is 600 g/mol. The molecule has 2 heterocycles. The number of H-pyrrole nitrogens is 1. The second-order valence-corrected chi connectivity index (χ2v) is 13.6. The van der Waals surface area contributed by atoms with Crippen molar-refractivity contribution in [1.82, 2.24) is 20.1 Å². The van der Waals surface area contributed by atoms with Crippen LogP contribution in [0.1, 0.15) is 44.6 Å². The Hall–Kier alpha value is -3.32. The largest absolute Gasteiger partial charge is 0.444 e. The van der Waals surface area contributed by atoms with E-state index in [1.54, 1.807) is 27.7 Å². The van der Waals surface area contributed by atoms with Gasteiger partial charge < -0.3 is 15.4 Å². The van der Waals surface area contributed by atoms with Gasteiger partial charge in [-0.05, 0) is 56.2 Å².